The maximum atomic E-state index is 11.2. The quantitative estimate of drug-likeness (QED) is 0.804. The first-order valence-electron chi connectivity index (χ1n) is 5.95. The van der Waals surface area contributed by atoms with Crippen LogP contribution in [0, 0.1) is 6.92 Å². The van der Waals surface area contributed by atoms with Crippen molar-refractivity contribution in [1.82, 2.24) is 9.38 Å². The number of carboxylic acids is 1. The molecule has 1 aromatic carbocycles. The molecule has 2 heterocycles. The molecule has 3 aromatic rings. The molecule has 0 spiro atoms. The molecule has 3 rings (SSSR count). The van der Waals surface area contributed by atoms with E-state index in [4.69, 9.17) is 4.74 Å². The number of carbonyl (C=O) groups is 1. The van der Waals surface area contributed by atoms with Crippen LogP contribution in [0.3, 0.4) is 0 Å². The highest BCUT2D eigenvalue weighted by atomic mass is 32.1. The van der Waals surface area contributed by atoms with Gasteiger partial charge in [0.25, 0.3) is 0 Å². The monoisotopic (exact) mass is 288 g/mol. The standard InChI is InChI=1S/C14H12N2O3S/c1-8-5-9(3-4-12(8)19-2)11-7-20-14-15-6-10(13(17)18)16(11)14/h3-7H,1-2H3,(H,17,18). The summed E-state index contributed by atoms with van der Waals surface area (Å²) in [6, 6.07) is 5.77. The Hall–Kier alpha value is -2.34. The molecule has 0 fully saturated rings. The van der Waals surface area contributed by atoms with Gasteiger partial charge in [0, 0.05) is 5.38 Å². The molecule has 0 aliphatic heterocycles. The molecule has 0 aliphatic carbocycles. The number of aryl methyl sites for hydroxylation is 1. The summed E-state index contributed by atoms with van der Waals surface area (Å²) in [4.78, 5) is 16.0. The van der Waals surface area contributed by atoms with E-state index in [-0.39, 0.29) is 5.69 Å². The van der Waals surface area contributed by atoms with E-state index in [1.54, 1.807) is 11.5 Å². The topological polar surface area (TPSA) is 63.8 Å². The van der Waals surface area contributed by atoms with Crippen molar-refractivity contribution < 1.29 is 14.6 Å². The summed E-state index contributed by atoms with van der Waals surface area (Å²) in [6.45, 7) is 1.96. The lowest BCUT2D eigenvalue weighted by atomic mass is 10.1. The molecule has 0 radical (unpaired) electrons. The molecule has 0 saturated heterocycles. The molecule has 0 aliphatic rings. The maximum Gasteiger partial charge on any atom is 0.354 e. The number of hydrogen-bond donors (Lipinski definition) is 1. The summed E-state index contributed by atoms with van der Waals surface area (Å²) in [7, 11) is 1.63. The molecule has 20 heavy (non-hydrogen) atoms. The molecule has 0 unspecified atom stereocenters. The Morgan fingerprint density at radius 2 is 2.25 bits per heavy atom. The second-order valence-electron chi connectivity index (χ2n) is 4.37. The van der Waals surface area contributed by atoms with Crippen molar-refractivity contribution in [1.29, 1.82) is 0 Å². The van der Waals surface area contributed by atoms with Crippen LogP contribution in [-0.4, -0.2) is 27.6 Å². The number of carboxylic acid groups (broad SMARTS) is 1. The van der Waals surface area contributed by atoms with E-state index < -0.39 is 5.97 Å². The average Bonchev–Trinajstić information content (AvgIpc) is 2.99. The van der Waals surface area contributed by atoms with Crippen LogP contribution < -0.4 is 4.74 Å². The van der Waals surface area contributed by atoms with E-state index >= 15 is 0 Å². The number of methoxy groups -OCH3 is 1. The number of benzene rings is 1. The van der Waals surface area contributed by atoms with Gasteiger partial charge in [0.05, 0.1) is 19.0 Å². The van der Waals surface area contributed by atoms with E-state index in [0.717, 1.165) is 22.6 Å². The van der Waals surface area contributed by atoms with Crippen molar-refractivity contribution in [2.24, 2.45) is 0 Å². The number of nitrogens with zero attached hydrogens (tertiary/aromatic N) is 2. The van der Waals surface area contributed by atoms with Gasteiger partial charge in [-0.2, -0.15) is 0 Å². The molecule has 102 valence electrons. The molecule has 2 aromatic heterocycles. The summed E-state index contributed by atoms with van der Waals surface area (Å²) in [5.41, 5.74) is 2.94. The van der Waals surface area contributed by atoms with Gasteiger partial charge in [-0.25, -0.2) is 9.78 Å². The number of imidazole rings is 1. The van der Waals surface area contributed by atoms with Gasteiger partial charge in [-0.3, -0.25) is 4.40 Å². The van der Waals surface area contributed by atoms with Gasteiger partial charge in [0.1, 0.15) is 5.75 Å². The third-order valence-corrected chi connectivity index (χ3v) is 4.00. The van der Waals surface area contributed by atoms with Crippen molar-refractivity contribution in [2.45, 2.75) is 6.92 Å². The van der Waals surface area contributed by atoms with Crippen LogP contribution in [0.25, 0.3) is 16.2 Å². The molecule has 5 nitrogen and oxygen atoms in total. The minimum absolute atomic E-state index is 0.171. The van der Waals surface area contributed by atoms with Crippen LogP contribution in [0.2, 0.25) is 0 Å². The van der Waals surface area contributed by atoms with Crippen LogP contribution in [-0.2, 0) is 0 Å². The number of aromatic carboxylic acids is 1. The Labute approximate surface area is 119 Å². The Kier molecular flexibility index (Phi) is 2.94. The van der Waals surface area contributed by atoms with Crippen LogP contribution in [0.1, 0.15) is 16.1 Å². The van der Waals surface area contributed by atoms with Gasteiger partial charge < -0.3 is 9.84 Å². The van der Waals surface area contributed by atoms with Crippen molar-refractivity contribution in [3.63, 3.8) is 0 Å². The minimum Gasteiger partial charge on any atom is -0.496 e. The fourth-order valence-corrected chi connectivity index (χ4v) is 3.07. The normalized spacial score (nSPS) is 10.9. The second kappa shape index (κ2) is 4.64. The zero-order chi connectivity index (χ0) is 14.3. The van der Waals surface area contributed by atoms with Crippen molar-refractivity contribution in [2.75, 3.05) is 7.11 Å². The third kappa shape index (κ3) is 1.85. The Balaban J connectivity index is 2.21. The lowest BCUT2D eigenvalue weighted by Crippen LogP contribution is -2.01. The smallest absolute Gasteiger partial charge is 0.354 e. The Bertz CT molecular complexity index is 804. The summed E-state index contributed by atoms with van der Waals surface area (Å²) in [6.07, 6.45) is 1.38. The minimum atomic E-state index is -0.984. The van der Waals surface area contributed by atoms with Crippen molar-refractivity contribution >= 4 is 22.3 Å². The van der Waals surface area contributed by atoms with Crippen LogP contribution >= 0.6 is 11.3 Å². The van der Waals surface area contributed by atoms with Crippen LogP contribution in [0.15, 0.2) is 29.8 Å². The number of hydrogen-bond acceptors (Lipinski definition) is 4. The Morgan fingerprint density at radius 1 is 1.45 bits per heavy atom. The molecular weight excluding hydrogens is 276 g/mol. The fourth-order valence-electron chi connectivity index (χ4n) is 2.20. The molecule has 1 N–H and O–H groups in total. The van der Waals surface area contributed by atoms with E-state index in [2.05, 4.69) is 4.98 Å². The first kappa shape index (κ1) is 12.7. The highest BCUT2D eigenvalue weighted by Gasteiger charge is 2.16. The highest BCUT2D eigenvalue weighted by molar-refractivity contribution is 7.15. The molecule has 0 amide bonds. The number of fused-ring (bicyclic) bond motifs is 1. The molecule has 6 heteroatoms. The highest BCUT2D eigenvalue weighted by Crippen LogP contribution is 2.30. The predicted octanol–water partition coefficient (Wildman–Crippen LogP) is 3.08. The first-order valence-corrected chi connectivity index (χ1v) is 6.83. The second-order valence-corrected chi connectivity index (χ2v) is 5.21. The van der Waals surface area contributed by atoms with Crippen LogP contribution in [0.5, 0.6) is 5.75 Å². The molecule has 0 bridgehead atoms. The van der Waals surface area contributed by atoms with Crippen molar-refractivity contribution in [3.8, 4) is 17.0 Å². The van der Waals surface area contributed by atoms with Gasteiger partial charge >= 0.3 is 5.97 Å². The number of thiazole rings is 1. The van der Waals surface area contributed by atoms with E-state index in [1.807, 2.05) is 30.5 Å². The van der Waals surface area contributed by atoms with Crippen molar-refractivity contribution in [3.05, 3.63) is 41.0 Å². The Morgan fingerprint density at radius 3 is 2.90 bits per heavy atom. The zero-order valence-electron chi connectivity index (χ0n) is 11.0. The summed E-state index contributed by atoms with van der Waals surface area (Å²) >= 11 is 1.42. The predicted molar refractivity (Wildman–Crippen MR) is 76.8 cm³/mol. The SMILES string of the molecule is COc1ccc(-c2csc3ncc(C(=O)O)n23)cc1C. The fraction of sp³-hybridized carbons (Fsp3) is 0.143. The largest absolute Gasteiger partial charge is 0.496 e. The summed E-state index contributed by atoms with van der Waals surface area (Å²) < 4.78 is 6.90. The van der Waals surface area contributed by atoms with Gasteiger partial charge in [0.15, 0.2) is 10.7 Å². The molecular formula is C14H12N2O3S. The number of aromatic nitrogens is 2. The summed E-state index contributed by atoms with van der Waals surface area (Å²) in [5, 5.41) is 11.1. The van der Waals surface area contributed by atoms with Gasteiger partial charge in [-0.15, -0.1) is 11.3 Å². The summed E-state index contributed by atoms with van der Waals surface area (Å²) in [5.74, 6) is -0.174. The maximum absolute atomic E-state index is 11.2. The average molecular weight is 288 g/mol. The lowest BCUT2D eigenvalue weighted by Gasteiger charge is -2.07. The van der Waals surface area contributed by atoms with Gasteiger partial charge in [-0.05, 0) is 36.2 Å². The van der Waals surface area contributed by atoms with Crippen LogP contribution in [0.4, 0.5) is 0 Å². The number of rotatable bonds is 3. The van der Waals surface area contributed by atoms with E-state index in [0.29, 0.717) is 4.96 Å². The van der Waals surface area contributed by atoms with Gasteiger partial charge in [0.2, 0.25) is 0 Å². The van der Waals surface area contributed by atoms with E-state index in [9.17, 15) is 9.90 Å². The number of ether oxygens (including phenoxy) is 1. The first-order chi connectivity index (χ1) is 9.61. The lowest BCUT2D eigenvalue weighted by molar-refractivity contribution is 0.0689. The molecule has 0 saturated carbocycles. The zero-order valence-corrected chi connectivity index (χ0v) is 11.8. The third-order valence-electron chi connectivity index (χ3n) is 3.16. The van der Waals surface area contributed by atoms with E-state index in [1.165, 1.54) is 17.5 Å². The molecule has 0 atom stereocenters. The van der Waals surface area contributed by atoms with Gasteiger partial charge in [-0.1, -0.05) is 0 Å².